The summed E-state index contributed by atoms with van der Waals surface area (Å²) in [6.45, 7) is 3.04. The Balaban J connectivity index is 1.20. The van der Waals surface area contributed by atoms with Crippen LogP contribution in [0.15, 0.2) is 36.7 Å². The smallest absolute Gasteiger partial charge is 0.223 e. The second kappa shape index (κ2) is 7.67. The number of aromatic nitrogens is 3. The highest BCUT2D eigenvalue weighted by Gasteiger charge is 2.27. The van der Waals surface area contributed by atoms with Gasteiger partial charge in [-0.2, -0.15) is 0 Å². The number of rotatable bonds is 5. The van der Waals surface area contributed by atoms with Crippen molar-refractivity contribution in [1.29, 1.82) is 0 Å². The van der Waals surface area contributed by atoms with Crippen molar-refractivity contribution in [1.82, 2.24) is 19.9 Å². The first-order valence-electron chi connectivity index (χ1n) is 10.3. The molecule has 5 rings (SSSR count). The molecule has 1 saturated heterocycles. The zero-order chi connectivity index (χ0) is 19.8. The molecule has 2 aromatic heterocycles. The second-order valence-corrected chi connectivity index (χ2v) is 8.39. The van der Waals surface area contributed by atoms with Crippen molar-refractivity contribution in [2.75, 3.05) is 31.1 Å². The van der Waals surface area contributed by atoms with Gasteiger partial charge in [0.15, 0.2) is 0 Å². The Morgan fingerprint density at radius 1 is 1.10 bits per heavy atom. The molecule has 1 aliphatic carbocycles. The van der Waals surface area contributed by atoms with Crippen molar-refractivity contribution in [2.24, 2.45) is 0 Å². The van der Waals surface area contributed by atoms with E-state index in [9.17, 15) is 4.79 Å². The molecule has 0 radical (unpaired) electrons. The summed E-state index contributed by atoms with van der Waals surface area (Å²) in [6, 6.07) is 9.93. The highest BCUT2D eigenvalue weighted by atomic mass is 35.5. The lowest BCUT2D eigenvalue weighted by Gasteiger charge is -2.35. The van der Waals surface area contributed by atoms with Gasteiger partial charge in [0.1, 0.15) is 17.8 Å². The topological polar surface area (TPSA) is 65.1 Å². The van der Waals surface area contributed by atoms with Gasteiger partial charge in [0.25, 0.3) is 0 Å². The predicted molar refractivity (Wildman–Crippen MR) is 114 cm³/mol. The highest BCUT2D eigenvalue weighted by Crippen LogP contribution is 2.41. The molecule has 2 aliphatic rings. The lowest BCUT2D eigenvalue weighted by atomic mass is 10.1. The normalized spacial score (nSPS) is 17.1. The number of aryl methyl sites for hydroxylation is 1. The third-order valence-corrected chi connectivity index (χ3v) is 6.17. The second-order valence-electron chi connectivity index (χ2n) is 7.95. The lowest BCUT2D eigenvalue weighted by Crippen LogP contribution is -2.49. The summed E-state index contributed by atoms with van der Waals surface area (Å²) in [7, 11) is 0. The quantitative estimate of drug-likeness (QED) is 0.696. The summed E-state index contributed by atoms with van der Waals surface area (Å²) in [4.78, 5) is 29.3. The summed E-state index contributed by atoms with van der Waals surface area (Å²) in [5.41, 5.74) is 3.33. The molecule has 2 fully saturated rings. The molecular formula is C22H24ClN5O. The number of carbonyl (C=O) groups excluding carboxylic acids is 1. The standard InChI is InChI=1S/C22H24ClN5O/c23-17-6-1-15(2-7-17)3-8-20(29)27-9-11-28(12-10-27)22-18-13-19(16-4-5-16)26-21(18)24-14-25-22/h1-2,6-7,13-14,16H,3-5,8-12H2,(H,24,25,26). The van der Waals surface area contributed by atoms with E-state index >= 15 is 0 Å². The number of piperazine rings is 1. The number of hydrogen-bond acceptors (Lipinski definition) is 4. The summed E-state index contributed by atoms with van der Waals surface area (Å²) in [5, 5.41) is 1.82. The van der Waals surface area contributed by atoms with Gasteiger partial charge in [0.2, 0.25) is 5.91 Å². The maximum Gasteiger partial charge on any atom is 0.223 e. The highest BCUT2D eigenvalue weighted by molar-refractivity contribution is 6.30. The van der Waals surface area contributed by atoms with Crippen LogP contribution in [0.1, 0.15) is 36.4 Å². The van der Waals surface area contributed by atoms with Crippen LogP contribution in [0.5, 0.6) is 0 Å². The molecule has 0 bridgehead atoms. The van der Waals surface area contributed by atoms with E-state index in [1.54, 1.807) is 6.33 Å². The number of halogens is 1. The molecular weight excluding hydrogens is 386 g/mol. The summed E-state index contributed by atoms with van der Waals surface area (Å²) in [5.74, 6) is 1.85. The van der Waals surface area contributed by atoms with E-state index in [0.29, 0.717) is 12.3 Å². The monoisotopic (exact) mass is 409 g/mol. The largest absolute Gasteiger partial charge is 0.352 e. The van der Waals surface area contributed by atoms with E-state index in [1.165, 1.54) is 18.5 Å². The molecule has 6 nitrogen and oxygen atoms in total. The van der Waals surface area contributed by atoms with Crippen LogP contribution in [0, 0.1) is 0 Å². The van der Waals surface area contributed by atoms with Gasteiger partial charge in [-0.25, -0.2) is 9.97 Å². The minimum absolute atomic E-state index is 0.213. The molecule has 1 aliphatic heterocycles. The van der Waals surface area contributed by atoms with E-state index < -0.39 is 0 Å². The van der Waals surface area contributed by atoms with Crippen molar-refractivity contribution < 1.29 is 4.79 Å². The van der Waals surface area contributed by atoms with Crippen molar-refractivity contribution >= 4 is 34.4 Å². The molecule has 1 N–H and O–H groups in total. The fourth-order valence-corrected chi connectivity index (χ4v) is 4.17. The maximum atomic E-state index is 12.6. The van der Waals surface area contributed by atoms with Crippen molar-refractivity contribution in [3.05, 3.63) is 52.9 Å². The Hall–Kier alpha value is -2.60. The number of fused-ring (bicyclic) bond motifs is 1. The van der Waals surface area contributed by atoms with Gasteiger partial charge >= 0.3 is 0 Å². The van der Waals surface area contributed by atoms with Gasteiger partial charge in [-0.15, -0.1) is 0 Å². The maximum absolute atomic E-state index is 12.6. The van der Waals surface area contributed by atoms with Crippen LogP contribution in [-0.2, 0) is 11.2 Å². The zero-order valence-corrected chi connectivity index (χ0v) is 17.0. The number of carbonyl (C=O) groups is 1. The number of aromatic amines is 1. The van der Waals surface area contributed by atoms with Crippen molar-refractivity contribution in [2.45, 2.75) is 31.6 Å². The van der Waals surface area contributed by atoms with Crippen LogP contribution in [0.25, 0.3) is 11.0 Å². The van der Waals surface area contributed by atoms with Crippen LogP contribution < -0.4 is 4.90 Å². The van der Waals surface area contributed by atoms with Gasteiger partial charge < -0.3 is 14.8 Å². The van der Waals surface area contributed by atoms with E-state index in [4.69, 9.17) is 11.6 Å². The molecule has 1 aromatic carbocycles. The van der Waals surface area contributed by atoms with E-state index in [0.717, 1.165) is 60.0 Å². The molecule has 0 spiro atoms. The molecule has 3 heterocycles. The molecule has 0 atom stereocenters. The van der Waals surface area contributed by atoms with E-state index in [2.05, 4.69) is 25.9 Å². The number of nitrogens with zero attached hydrogens (tertiary/aromatic N) is 4. The molecule has 29 heavy (non-hydrogen) atoms. The summed E-state index contributed by atoms with van der Waals surface area (Å²) < 4.78 is 0. The Kier molecular flexibility index (Phi) is 4.87. The summed E-state index contributed by atoms with van der Waals surface area (Å²) in [6.07, 6.45) is 5.42. The average molecular weight is 410 g/mol. The predicted octanol–water partition coefficient (Wildman–Crippen LogP) is 3.77. The van der Waals surface area contributed by atoms with Gasteiger partial charge in [-0.3, -0.25) is 4.79 Å². The Labute approximate surface area is 174 Å². The third-order valence-electron chi connectivity index (χ3n) is 5.92. The van der Waals surface area contributed by atoms with Gasteiger partial charge in [0.05, 0.1) is 5.39 Å². The Bertz CT molecular complexity index is 1020. The van der Waals surface area contributed by atoms with Crippen LogP contribution in [-0.4, -0.2) is 51.9 Å². The SMILES string of the molecule is O=C(CCc1ccc(Cl)cc1)N1CCN(c2ncnc3[nH]c(C4CC4)cc23)CC1. The van der Waals surface area contributed by atoms with Gasteiger partial charge in [-0.05, 0) is 48.9 Å². The van der Waals surface area contributed by atoms with Crippen LogP contribution in [0.2, 0.25) is 5.02 Å². The first-order valence-corrected chi connectivity index (χ1v) is 10.7. The van der Waals surface area contributed by atoms with Crippen molar-refractivity contribution in [3.8, 4) is 0 Å². The van der Waals surface area contributed by atoms with E-state index in [1.807, 2.05) is 29.2 Å². The minimum atomic E-state index is 0.213. The number of amides is 1. The summed E-state index contributed by atoms with van der Waals surface area (Å²) >= 11 is 5.93. The molecule has 1 saturated carbocycles. The van der Waals surface area contributed by atoms with E-state index in [-0.39, 0.29) is 5.91 Å². The van der Waals surface area contributed by atoms with Crippen molar-refractivity contribution in [3.63, 3.8) is 0 Å². The van der Waals surface area contributed by atoms with Gasteiger partial charge in [-0.1, -0.05) is 23.7 Å². The fourth-order valence-electron chi connectivity index (χ4n) is 4.04. The Morgan fingerprint density at radius 3 is 2.59 bits per heavy atom. The minimum Gasteiger partial charge on any atom is -0.352 e. The molecule has 0 unspecified atom stereocenters. The third kappa shape index (κ3) is 3.94. The molecule has 1 amide bonds. The van der Waals surface area contributed by atoms with Crippen LogP contribution in [0.3, 0.4) is 0 Å². The number of H-pyrrole nitrogens is 1. The number of hydrogen-bond donors (Lipinski definition) is 1. The number of anilines is 1. The number of benzene rings is 1. The lowest BCUT2D eigenvalue weighted by molar-refractivity contribution is -0.131. The van der Waals surface area contributed by atoms with Crippen LogP contribution in [0.4, 0.5) is 5.82 Å². The molecule has 7 heteroatoms. The molecule has 150 valence electrons. The first-order chi connectivity index (χ1) is 14.2. The average Bonchev–Trinajstić information content (AvgIpc) is 3.51. The number of nitrogens with one attached hydrogen (secondary N) is 1. The van der Waals surface area contributed by atoms with Crippen LogP contribution >= 0.6 is 11.6 Å². The fraction of sp³-hybridized carbons (Fsp3) is 0.409. The zero-order valence-electron chi connectivity index (χ0n) is 16.3. The van der Waals surface area contributed by atoms with Gasteiger partial charge in [0, 0.05) is 43.3 Å². The Morgan fingerprint density at radius 2 is 1.86 bits per heavy atom. The first kappa shape index (κ1) is 18.4. The molecule has 3 aromatic rings.